The highest BCUT2D eigenvalue weighted by Crippen LogP contribution is 2.30. The highest BCUT2D eigenvalue weighted by Gasteiger charge is 2.19. The fourth-order valence-corrected chi connectivity index (χ4v) is 3.09. The molecule has 0 aliphatic heterocycles. The van der Waals surface area contributed by atoms with Crippen LogP contribution in [0.25, 0.3) is 33.7 Å². The van der Waals surface area contributed by atoms with Crippen LogP contribution >= 0.6 is 11.6 Å². The fourth-order valence-electron chi connectivity index (χ4n) is 2.90. The summed E-state index contributed by atoms with van der Waals surface area (Å²) in [7, 11) is 0. The lowest BCUT2D eigenvalue weighted by atomic mass is 10.2. The molecule has 24 heavy (non-hydrogen) atoms. The fraction of sp³-hybridized carbons (Fsp3) is 0.211. The summed E-state index contributed by atoms with van der Waals surface area (Å²) in [5, 5.41) is 0.696. The van der Waals surface area contributed by atoms with Crippen LogP contribution in [0.15, 0.2) is 48.5 Å². The molecule has 0 saturated carbocycles. The Morgan fingerprint density at radius 2 is 1.75 bits per heavy atom. The normalized spacial score (nSPS) is 12.8. The third-order valence-corrected chi connectivity index (χ3v) is 4.55. The van der Waals surface area contributed by atoms with Gasteiger partial charge in [-0.05, 0) is 37.6 Å². The molecule has 0 aliphatic carbocycles. The zero-order chi connectivity index (χ0) is 16.7. The molecule has 2 aromatic carbocycles. The number of nitrogens with zero attached hydrogens (tertiary/aromatic N) is 4. The van der Waals surface area contributed by atoms with Crippen LogP contribution in [0.1, 0.15) is 26.3 Å². The third kappa shape index (κ3) is 2.43. The average Bonchev–Trinajstić information content (AvgIpc) is 2.97. The summed E-state index contributed by atoms with van der Waals surface area (Å²) >= 11 is 6.18. The maximum atomic E-state index is 6.18. The van der Waals surface area contributed by atoms with Crippen molar-refractivity contribution in [3.63, 3.8) is 0 Å². The molecule has 0 saturated heterocycles. The molecule has 4 nitrogen and oxygen atoms in total. The molecule has 0 spiro atoms. The first-order chi connectivity index (χ1) is 11.7. The zero-order valence-corrected chi connectivity index (χ0v) is 14.3. The van der Waals surface area contributed by atoms with Gasteiger partial charge in [-0.3, -0.25) is 0 Å². The summed E-state index contributed by atoms with van der Waals surface area (Å²) in [4.78, 5) is 14.3. The van der Waals surface area contributed by atoms with E-state index in [2.05, 4.69) is 18.4 Å². The van der Waals surface area contributed by atoms with Crippen molar-refractivity contribution in [2.75, 3.05) is 0 Å². The largest absolute Gasteiger partial charge is 0.304 e. The van der Waals surface area contributed by atoms with E-state index in [-0.39, 0.29) is 6.04 Å². The SMILES string of the molecule is CC[C@@H](C)n1c(-c2cccc(Cl)c2)nc2nc3ccccc3nc21. The van der Waals surface area contributed by atoms with E-state index in [0.717, 1.165) is 34.5 Å². The molecule has 0 radical (unpaired) electrons. The van der Waals surface area contributed by atoms with Crippen LogP contribution in [0.4, 0.5) is 0 Å². The van der Waals surface area contributed by atoms with E-state index in [1.165, 1.54) is 0 Å². The third-order valence-electron chi connectivity index (χ3n) is 4.32. The van der Waals surface area contributed by atoms with E-state index in [0.29, 0.717) is 10.7 Å². The minimum Gasteiger partial charge on any atom is -0.304 e. The summed E-state index contributed by atoms with van der Waals surface area (Å²) in [5.74, 6) is 0.858. The monoisotopic (exact) mass is 336 g/mol. The number of hydrogen-bond donors (Lipinski definition) is 0. The molecule has 2 aromatic heterocycles. The van der Waals surface area contributed by atoms with Crippen molar-refractivity contribution in [3.8, 4) is 11.4 Å². The van der Waals surface area contributed by atoms with Crippen LogP contribution in [0.5, 0.6) is 0 Å². The molecule has 0 amide bonds. The first-order valence-corrected chi connectivity index (χ1v) is 8.46. The zero-order valence-electron chi connectivity index (χ0n) is 13.6. The number of benzene rings is 2. The topological polar surface area (TPSA) is 43.6 Å². The second-order valence-corrected chi connectivity index (χ2v) is 6.37. The van der Waals surface area contributed by atoms with Gasteiger partial charge in [0.1, 0.15) is 5.82 Å². The summed E-state index contributed by atoms with van der Waals surface area (Å²) in [6, 6.07) is 15.9. The minimum absolute atomic E-state index is 0.263. The molecular weight excluding hydrogens is 320 g/mol. The van der Waals surface area contributed by atoms with Crippen molar-refractivity contribution >= 4 is 33.9 Å². The van der Waals surface area contributed by atoms with Gasteiger partial charge in [-0.2, -0.15) is 0 Å². The van der Waals surface area contributed by atoms with Crippen molar-refractivity contribution in [2.24, 2.45) is 0 Å². The molecule has 0 fully saturated rings. The molecule has 4 rings (SSSR count). The van der Waals surface area contributed by atoms with E-state index < -0.39 is 0 Å². The highest BCUT2D eigenvalue weighted by atomic mass is 35.5. The van der Waals surface area contributed by atoms with Gasteiger partial charge in [-0.25, -0.2) is 15.0 Å². The van der Waals surface area contributed by atoms with Gasteiger partial charge >= 0.3 is 0 Å². The van der Waals surface area contributed by atoms with Crippen molar-refractivity contribution in [1.29, 1.82) is 0 Å². The van der Waals surface area contributed by atoms with E-state index in [1.54, 1.807) is 0 Å². The van der Waals surface area contributed by atoms with Crippen molar-refractivity contribution in [1.82, 2.24) is 19.5 Å². The van der Waals surface area contributed by atoms with Crippen molar-refractivity contribution in [3.05, 3.63) is 53.6 Å². The Hall–Kier alpha value is -2.46. The van der Waals surface area contributed by atoms with Gasteiger partial charge in [0.05, 0.1) is 11.0 Å². The van der Waals surface area contributed by atoms with Gasteiger partial charge in [-0.1, -0.05) is 42.8 Å². The molecular formula is C19H17ClN4. The van der Waals surface area contributed by atoms with E-state index >= 15 is 0 Å². The standard InChI is InChI=1S/C19H17ClN4/c1-3-12(2)24-18(13-7-6-8-14(20)11-13)23-17-19(24)22-16-10-5-4-9-15(16)21-17/h4-12H,3H2,1-2H3/t12-/m1/s1. The first-order valence-electron chi connectivity index (χ1n) is 8.08. The number of imidazole rings is 1. The van der Waals surface area contributed by atoms with Crippen LogP contribution in [-0.4, -0.2) is 19.5 Å². The molecule has 0 aliphatic rings. The minimum atomic E-state index is 0.263. The number of halogens is 1. The van der Waals surface area contributed by atoms with E-state index in [4.69, 9.17) is 26.6 Å². The van der Waals surface area contributed by atoms with Crippen LogP contribution in [-0.2, 0) is 0 Å². The Morgan fingerprint density at radius 3 is 2.46 bits per heavy atom. The van der Waals surface area contributed by atoms with Gasteiger partial charge in [0.15, 0.2) is 11.3 Å². The maximum Gasteiger partial charge on any atom is 0.198 e. The lowest BCUT2D eigenvalue weighted by Crippen LogP contribution is -2.07. The number of aromatic nitrogens is 4. The van der Waals surface area contributed by atoms with Crippen LogP contribution in [0, 0.1) is 0 Å². The average molecular weight is 337 g/mol. The van der Waals surface area contributed by atoms with E-state index in [9.17, 15) is 0 Å². The predicted molar refractivity (Wildman–Crippen MR) is 98.3 cm³/mol. The molecule has 2 heterocycles. The smallest absolute Gasteiger partial charge is 0.198 e. The number of para-hydroxylation sites is 2. The number of rotatable bonds is 3. The van der Waals surface area contributed by atoms with Gasteiger partial charge in [0.2, 0.25) is 0 Å². The van der Waals surface area contributed by atoms with Gasteiger partial charge in [0, 0.05) is 16.6 Å². The molecule has 1 atom stereocenters. The van der Waals surface area contributed by atoms with Gasteiger partial charge in [-0.15, -0.1) is 0 Å². The Morgan fingerprint density at radius 1 is 1.00 bits per heavy atom. The second-order valence-electron chi connectivity index (χ2n) is 5.93. The Bertz CT molecular complexity index is 1040. The number of fused-ring (bicyclic) bond motifs is 2. The second kappa shape index (κ2) is 5.87. The van der Waals surface area contributed by atoms with Gasteiger partial charge < -0.3 is 4.57 Å². The molecule has 0 N–H and O–H groups in total. The molecule has 120 valence electrons. The molecule has 5 heteroatoms. The number of hydrogen-bond acceptors (Lipinski definition) is 3. The van der Waals surface area contributed by atoms with Crippen LogP contribution < -0.4 is 0 Å². The Kier molecular flexibility index (Phi) is 3.69. The van der Waals surface area contributed by atoms with Crippen LogP contribution in [0.3, 0.4) is 0 Å². The lowest BCUT2D eigenvalue weighted by molar-refractivity contribution is 0.547. The molecule has 4 aromatic rings. The quantitative estimate of drug-likeness (QED) is 0.511. The molecule has 0 unspecified atom stereocenters. The lowest BCUT2D eigenvalue weighted by Gasteiger charge is -2.15. The Labute approximate surface area is 145 Å². The van der Waals surface area contributed by atoms with Crippen molar-refractivity contribution < 1.29 is 0 Å². The van der Waals surface area contributed by atoms with Gasteiger partial charge in [0.25, 0.3) is 0 Å². The predicted octanol–water partition coefficient (Wildman–Crippen LogP) is 5.27. The first kappa shape index (κ1) is 15.1. The Balaban J connectivity index is 2.06. The molecule has 0 bridgehead atoms. The van der Waals surface area contributed by atoms with Crippen LogP contribution in [0.2, 0.25) is 5.02 Å². The van der Waals surface area contributed by atoms with Crippen molar-refractivity contribution in [2.45, 2.75) is 26.3 Å². The summed E-state index contributed by atoms with van der Waals surface area (Å²) in [6.07, 6.45) is 0.980. The summed E-state index contributed by atoms with van der Waals surface area (Å²) in [6.45, 7) is 4.33. The van der Waals surface area contributed by atoms with E-state index in [1.807, 2.05) is 48.5 Å². The maximum absolute atomic E-state index is 6.18. The summed E-state index contributed by atoms with van der Waals surface area (Å²) < 4.78 is 2.17. The summed E-state index contributed by atoms with van der Waals surface area (Å²) in [5.41, 5.74) is 4.21. The highest BCUT2D eigenvalue weighted by molar-refractivity contribution is 6.30.